The van der Waals surface area contributed by atoms with Crippen molar-refractivity contribution < 1.29 is 9.18 Å². The van der Waals surface area contributed by atoms with Gasteiger partial charge < -0.3 is 20.5 Å². The van der Waals surface area contributed by atoms with Gasteiger partial charge in [-0.15, -0.1) is 0 Å². The number of nitrogens with zero attached hydrogens (tertiary/aromatic N) is 5. The molecule has 2 aliphatic rings. The van der Waals surface area contributed by atoms with E-state index in [4.69, 9.17) is 0 Å². The molecular formula is C23H25FN8O2. The van der Waals surface area contributed by atoms with Gasteiger partial charge in [0.05, 0.1) is 18.3 Å². The third-order valence-electron chi connectivity index (χ3n) is 6.46. The lowest BCUT2D eigenvalue weighted by atomic mass is 9.86. The fourth-order valence-corrected chi connectivity index (χ4v) is 4.49. The summed E-state index contributed by atoms with van der Waals surface area (Å²) in [5.41, 5.74) is 0.634. The number of halogens is 1. The number of alkyl halides is 1. The first-order valence-electron chi connectivity index (χ1n) is 11.4. The minimum atomic E-state index is -1.02. The molecular weight excluding hydrogens is 439 g/mol. The molecule has 1 amide bonds. The molecule has 3 aromatic heterocycles. The van der Waals surface area contributed by atoms with Gasteiger partial charge in [0, 0.05) is 37.7 Å². The van der Waals surface area contributed by atoms with E-state index in [2.05, 4.69) is 32.1 Å². The Labute approximate surface area is 194 Å². The first-order chi connectivity index (χ1) is 16.5. The van der Waals surface area contributed by atoms with Gasteiger partial charge in [-0.05, 0) is 31.4 Å². The van der Waals surface area contributed by atoms with Crippen LogP contribution in [0, 0.1) is 17.2 Å². The molecule has 34 heavy (non-hydrogen) atoms. The molecule has 3 N–H and O–H groups in total. The molecule has 3 aromatic rings. The summed E-state index contributed by atoms with van der Waals surface area (Å²) < 4.78 is 16.4. The van der Waals surface area contributed by atoms with Crippen LogP contribution in [0.1, 0.15) is 48.5 Å². The molecule has 2 saturated carbocycles. The van der Waals surface area contributed by atoms with Crippen molar-refractivity contribution in [2.75, 3.05) is 17.7 Å². The Kier molecular flexibility index (Phi) is 5.65. The predicted octanol–water partition coefficient (Wildman–Crippen LogP) is 2.77. The average Bonchev–Trinajstić information content (AvgIpc) is 3.36. The highest BCUT2D eigenvalue weighted by atomic mass is 19.1. The van der Waals surface area contributed by atoms with Gasteiger partial charge in [0.2, 0.25) is 0 Å². The number of pyridine rings is 1. The van der Waals surface area contributed by atoms with Gasteiger partial charge in [0.25, 0.3) is 11.5 Å². The molecule has 0 saturated heterocycles. The quantitative estimate of drug-likeness (QED) is 0.512. The van der Waals surface area contributed by atoms with Crippen molar-refractivity contribution in [1.29, 1.82) is 5.26 Å². The smallest absolute Gasteiger partial charge is 0.274 e. The van der Waals surface area contributed by atoms with Crippen molar-refractivity contribution in [3.63, 3.8) is 0 Å². The zero-order chi connectivity index (χ0) is 23.8. The van der Waals surface area contributed by atoms with Crippen LogP contribution in [-0.4, -0.2) is 44.3 Å². The number of anilines is 3. The van der Waals surface area contributed by atoms with Crippen LogP contribution in [0.3, 0.4) is 0 Å². The fraction of sp³-hybridized carbons (Fsp3) is 0.435. The van der Waals surface area contributed by atoms with Gasteiger partial charge in [0.1, 0.15) is 29.1 Å². The Morgan fingerprint density at radius 2 is 2.15 bits per heavy atom. The highest BCUT2D eigenvalue weighted by molar-refractivity contribution is 6.00. The number of amides is 1. The fourth-order valence-electron chi connectivity index (χ4n) is 4.49. The second-order valence-electron chi connectivity index (χ2n) is 8.81. The molecule has 11 heteroatoms. The number of hydrogen-bond acceptors (Lipinski definition) is 7. The van der Waals surface area contributed by atoms with Crippen molar-refractivity contribution in [2.24, 2.45) is 5.92 Å². The molecule has 5 rings (SSSR count). The molecule has 0 bridgehead atoms. The number of fused-ring (bicyclic) bond motifs is 1. The van der Waals surface area contributed by atoms with E-state index in [1.807, 2.05) is 0 Å². The Hall–Kier alpha value is -3.94. The van der Waals surface area contributed by atoms with Crippen LogP contribution in [0.25, 0.3) is 5.65 Å². The molecule has 0 aliphatic heterocycles. The van der Waals surface area contributed by atoms with Gasteiger partial charge in [0.15, 0.2) is 5.65 Å². The monoisotopic (exact) mass is 464 g/mol. The summed E-state index contributed by atoms with van der Waals surface area (Å²) in [6.45, 7) is 0. The zero-order valence-corrected chi connectivity index (χ0v) is 18.7. The maximum atomic E-state index is 13.2. The molecule has 176 valence electrons. The van der Waals surface area contributed by atoms with E-state index in [1.165, 1.54) is 10.7 Å². The number of nitriles is 1. The van der Waals surface area contributed by atoms with E-state index in [0.717, 1.165) is 19.3 Å². The summed E-state index contributed by atoms with van der Waals surface area (Å²) in [5.74, 6) is 0.425. The lowest BCUT2D eigenvalue weighted by Crippen LogP contribution is -2.29. The Morgan fingerprint density at radius 1 is 1.32 bits per heavy atom. The van der Waals surface area contributed by atoms with Gasteiger partial charge >= 0.3 is 0 Å². The summed E-state index contributed by atoms with van der Waals surface area (Å²) in [4.78, 5) is 30.4. The van der Waals surface area contributed by atoms with Crippen molar-refractivity contribution >= 4 is 28.9 Å². The molecule has 3 heterocycles. The van der Waals surface area contributed by atoms with E-state index in [-0.39, 0.29) is 28.7 Å². The molecule has 10 nitrogen and oxygen atoms in total. The molecule has 0 radical (unpaired) electrons. The van der Waals surface area contributed by atoms with Crippen molar-refractivity contribution in [3.8, 4) is 6.07 Å². The maximum absolute atomic E-state index is 13.2. The Bertz CT molecular complexity index is 1340. The lowest BCUT2D eigenvalue weighted by Gasteiger charge is -2.27. The SMILES string of the molecule is CNc1cc(Nc2cccn(C3CCC[C@@H](C#N)C3)c2=O)nc2c(C(=O)N[C@@H]3C[C@@H]3F)cnn12. The molecule has 1 unspecified atom stereocenters. The van der Waals surface area contributed by atoms with E-state index in [1.54, 1.807) is 36.0 Å². The standard InChI is InChI=1S/C23H25FN8O2/c1-26-20-10-19(30-21-15(12-27-32(20)21)22(33)29-18-9-16(18)24)28-17-6-3-7-31(23(17)34)14-5-2-4-13(8-14)11-25/h3,6-7,10,12-14,16,18,26H,2,4-5,8-9H2,1H3,(H,28,30)(H,29,33)/t13-,14?,16+,18-/m1/s1. The van der Waals surface area contributed by atoms with Crippen LogP contribution in [0.15, 0.2) is 35.4 Å². The molecule has 0 spiro atoms. The Morgan fingerprint density at radius 3 is 2.88 bits per heavy atom. The third kappa shape index (κ3) is 4.07. The summed E-state index contributed by atoms with van der Waals surface area (Å²) in [5, 5.41) is 22.3. The normalized spacial score (nSPS) is 23.8. The summed E-state index contributed by atoms with van der Waals surface area (Å²) >= 11 is 0. The summed E-state index contributed by atoms with van der Waals surface area (Å²) in [7, 11) is 1.71. The van der Waals surface area contributed by atoms with E-state index in [0.29, 0.717) is 30.2 Å². The molecule has 2 aliphatic carbocycles. The topological polar surface area (TPSA) is 129 Å². The van der Waals surface area contributed by atoms with Gasteiger partial charge in [-0.25, -0.2) is 9.37 Å². The lowest BCUT2D eigenvalue weighted by molar-refractivity contribution is 0.0949. The summed E-state index contributed by atoms with van der Waals surface area (Å²) in [6.07, 6.45) is 5.72. The number of hydrogen-bond donors (Lipinski definition) is 3. The highest BCUT2D eigenvalue weighted by Crippen LogP contribution is 2.31. The largest absolute Gasteiger partial charge is 0.373 e. The van der Waals surface area contributed by atoms with Crippen LogP contribution in [0.2, 0.25) is 0 Å². The van der Waals surface area contributed by atoms with Crippen LogP contribution < -0.4 is 21.5 Å². The van der Waals surface area contributed by atoms with Crippen molar-refractivity contribution in [2.45, 2.75) is 50.4 Å². The highest BCUT2D eigenvalue weighted by Gasteiger charge is 2.39. The first kappa shape index (κ1) is 21.9. The molecule has 4 atom stereocenters. The van der Waals surface area contributed by atoms with Crippen LogP contribution in [0.4, 0.5) is 21.7 Å². The summed E-state index contributed by atoms with van der Waals surface area (Å²) in [6, 6.07) is 6.97. The number of aromatic nitrogens is 4. The van der Waals surface area contributed by atoms with E-state index >= 15 is 0 Å². The number of nitrogens with one attached hydrogen (secondary N) is 3. The molecule has 2 fully saturated rings. The van der Waals surface area contributed by atoms with Gasteiger partial charge in [-0.1, -0.05) is 6.42 Å². The van der Waals surface area contributed by atoms with Crippen LogP contribution >= 0.6 is 0 Å². The van der Waals surface area contributed by atoms with E-state index < -0.39 is 18.1 Å². The third-order valence-corrected chi connectivity index (χ3v) is 6.46. The van der Waals surface area contributed by atoms with Crippen molar-refractivity contribution in [1.82, 2.24) is 24.5 Å². The van der Waals surface area contributed by atoms with Crippen molar-refractivity contribution in [3.05, 3.63) is 46.5 Å². The Balaban J connectivity index is 1.46. The van der Waals surface area contributed by atoms with Gasteiger partial charge in [-0.2, -0.15) is 14.9 Å². The molecule has 0 aromatic carbocycles. The number of carbonyl (C=O) groups is 1. The minimum Gasteiger partial charge on any atom is -0.373 e. The second-order valence-corrected chi connectivity index (χ2v) is 8.81. The van der Waals surface area contributed by atoms with Crippen LogP contribution in [0.5, 0.6) is 0 Å². The van der Waals surface area contributed by atoms with E-state index in [9.17, 15) is 19.2 Å². The zero-order valence-electron chi connectivity index (χ0n) is 18.7. The number of rotatable bonds is 6. The predicted molar refractivity (Wildman–Crippen MR) is 124 cm³/mol. The van der Waals surface area contributed by atoms with Gasteiger partial charge in [-0.3, -0.25) is 9.59 Å². The maximum Gasteiger partial charge on any atom is 0.274 e. The second kappa shape index (κ2) is 8.78. The average molecular weight is 465 g/mol. The number of carbonyl (C=O) groups excluding carboxylic acids is 1. The minimum absolute atomic E-state index is 0.0251. The first-order valence-corrected chi connectivity index (χ1v) is 11.4. The van der Waals surface area contributed by atoms with Crippen LogP contribution in [-0.2, 0) is 0 Å².